The van der Waals surface area contributed by atoms with Gasteiger partial charge in [-0.05, 0) is 37.8 Å². The van der Waals surface area contributed by atoms with Crippen molar-refractivity contribution in [3.8, 4) is 0 Å². The zero-order valence-corrected chi connectivity index (χ0v) is 13.8. The SMILES string of the molecule is Cc1cc([N+](=O)[O-])cc(C)c1S(=O)(=O)NC1CC(CO)(CO)C1. The van der Waals surface area contributed by atoms with Crippen LogP contribution in [0.1, 0.15) is 24.0 Å². The van der Waals surface area contributed by atoms with E-state index in [1.54, 1.807) is 0 Å². The van der Waals surface area contributed by atoms with E-state index in [9.17, 15) is 28.7 Å². The van der Waals surface area contributed by atoms with Crippen LogP contribution in [0.4, 0.5) is 5.69 Å². The number of nitro benzene ring substituents is 1. The number of hydrogen-bond acceptors (Lipinski definition) is 6. The number of nitrogens with zero attached hydrogens (tertiary/aromatic N) is 1. The number of aliphatic hydroxyl groups excluding tert-OH is 2. The molecule has 0 atom stereocenters. The number of nitrogens with one attached hydrogen (secondary N) is 1. The topological polar surface area (TPSA) is 130 Å². The second-order valence-electron chi connectivity index (χ2n) is 6.21. The van der Waals surface area contributed by atoms with Gasteiger partial charge in [0.2, 0.25) is 10.0 Å². The Morgan fingerprint density at radius 1 is 1.26 bits per heavy atom. The zero-order chi connectivity index (χ0) is 17.4. The van der Waals surface area contributed by atoms with Crippen molar-refractivity contribution in [2.75, 3.05) is 13.2 Å². The van der Waals surface area contributed by atoms with Gasteiger partial charge < -0.3 is 10.2 Å². The Kier molecular flexibility index (Phi) is 4.76. The molecule has 0 saturated heterocycles. The third kappa shape index (κ3) is 3.37. The molecule has 3 N–H and O–H groups in total. The van der Waals surface area contributed by atoms with E-state index in [2.05, 4.69) is 4.72 Å². The summed E-state index contributed by atoms with van der Waals surface area (Å²) >= 11 is 0. The van der Waals surface area contributed by atoms with Gasteiger partial charge in [-0.15, -0.1) is 0 Å². The molecule has 1 fully saturated rings. The fraction of sp³-hybridized carbons (Fsp3) is 0.571. The lowest BCUT2D eigenvalue weighted by molar-refractivity contribution is -0.385. The fourth-order valence-corrected chi connectivity index (χ4v) is 4.80. The quantitative estimate of drug-likeness (QED) is 0.512. The highest BCUT2D eigenvalue weighted by Gasteiger charge is 2.45. The van der Waals surface area contributed by atoms with Crippen molar-refractivity contribution < 1.29 is 23.6 Å². The number of rotatable bonds is 6. The summed E-state index contributed by atoms with van der Waals surface area (Å²) in [5.74, 6) is 0. The van der Waals surface area contributed by atoms with Gasteiger partial charge in [0.1, 0.15) is 0 Å². The summed E-state index contributed by atoms with van der Waals surface area (Å²) in [7, 11) is -3.83. The van der Waals surface area contributed by atoms with Crippen LogP contribution in [0, 0.1) is 29.4 Å². The summed E-state index contributed by atoms with van der Waals surface area (Å²) in [6.07, 6.45) is 0.703. The smallest absolute Gasteiger partial charge is 0.270 e. The Balaban J connectivity index is 2.23. The molecule has 0 amide bonds. The lowest BCUT2D eigenvalue weighted by atomic mass is 9.67. The van der Waals surface area contributed by atoms with Gasteiger partial charge in [0.25, 0.3) is 5.69 Å². The molecule has 23 heavy (non-hydrogen) atoms. The Labute approximate surface area is 134 Å². The molecule has 2 rings (SSSR count). The van der Waals surface area contributed by atoms with Crippen molar-refractivity contribution in [2.24, 2.45) is 5.41 Å². The van der Waals surface area contributed by atoms with Gasteiger partial charge in [-0.2, -0.15) is 0 Å². The molecule has 8 nitrogen and oxygen atoms in total. The first-order valence-corrected chi connectivity index (χ1v) is 8.62. The molecule has 0 heterocycles. The maximum atomic E-state index is 12.5. The van der Waals surface area contributed by atoms with Crippen LogP contribution in [0.2, 0.25) is 0 Å². The van der Waals surface area contributed by atoms with Crippen molar-refractivity contribution in [1.29, 1.82) is 0 Å². The number of nitro groups is 1. The highest BCUT2D eigenvalue weighted by Crippen LogP contribution is 2.41. The third-order valence-electron chi connectivity index (χ3n) is 4.28. The van der Waals surface area contributed by atoms with E-state index in [0.29, 0.717) is 24.0 Å². The maximum absolute atomic E-state index is 12.5. The second kappa shape index (κ2) is 6.16. The monoisotopic (exact) mass is 344 g/mol. The molecule has 0 aliphatic heterocycles. The third-order valence-corrected chi connectivity index (χ3v) is 6.10. The second-order valence-corrected chi connectivity index (χ2v) is 7.86. The molecule has 0 radical (unpaired) electrons. The summed E-state index contributed by atoms with van der Waals surface area (Å²) in [5.41, 5.74) is -0.174. The Bertz CT molecular complexity index is 696. The van der Waals surface area contributed by atoms with Gasteiger partial charge in [-0.1, -0.05) is 0 Å². The van der Waals surface area contributed by atoms with Crippen LogP contribution in [0.3, 0.4) is 0 Å². The van der Waals surface area contributed by atoms with Crippen molar-refractivity contribution in [1.82, 2.24) is 4.72 Å². The number of non-ortho nitro benzene ring substituents is 1. The van der Waals surface area contributed by atoms with Crippen LogP contribution < -0.4 is 4.72 Å². The molecule has 1 saturated carbocycles. The van der Waals surface area contributed by atoms with Gasteiger partial charge in [0.05, 0.1) is 23.0 Å². The maximum Gasteiger partial charge on any atom is 0.270 e. The number of hydrogen-bond donors (Lipinski definition) is 3. The van der Waals surface area contributed by atoms with E-state index in [1.807, 2.05) is 0 Å². The molecule has 0 bridgehead atoms. The average molecular weight is 344 g/mol. The molecule has 1 aliphatic carbocycles. The Hall–Kier alpha value is -1.55. The molecule has 1 aromatic carbocycles. The van der Waals surface area contributed by atoms with Gasteiger partial charge in [0, 0.05) is 23.6 Å². The predicted octanol–water partition coefficient (Wildman–Crippen LogP) is 0.623. The minimum absolute atomic E-state index is 0.0357. The van der Waals surface area contributed by atoms with Crippen molar-refractivity contribution in [3.05, 3.63) is 33.4 Å². The first kappa shape index (κ1) is 17.8. The largest absolute Gasteiger partial charge is 0.396 e. The summed E-state index contributed by atoms with van der Waals surface area (Å²) in [6, 6.07) is 2.09. The van der Waals surface area contributed by atoms with E-state index in [-0.39, 0.29) is 29.8 Å². The van der Waals surface area contributed by atoms with Gasteiger partial charge in [-0.3, -0.25) is 10.1 Å². The van der Waals surface area contributed by atoms with E-state index in [1.165, 1.54) is 26.0 Å². The first-order chi connectivity index (χ1) is 10.6. The van der Waals surface area contributed by atoms with E-state index in [4.69, 9.17) is 0 Å². The van der Waals surface area contributed by atoms with E-state index >= 15 is 0 Å². The summed E-state index contributed by atoms with van der Waals surface area (Å²) in [6.45, 7) is 2.64. The van der Waals surface area contributed by atoms with Crippen molar-refractivity contribution in [3.63, 3.8) is 0 Å². The minimum Gasteiger partial charge on any atom is -0.396 e. The summed E-state index contributed by atoms with van der Waals surface area (Å²) in [4.78, 5) is 10.3. The Morgan fingerprint density at radius 3 is 2.13 bits per heavy atom. The van der Waals surface area contributed by atoms with Crippen LogP contribution in [0.5, 0.6) is 0 Å². The van der Waals surface area contributed by atoms with Crippen molar-refractivity contribution >= 4 is 15.7 Å². The number of sulfonamides is 1. The number of benzene rings is 1. The van der Waals surface area contributed by atoms with E-state index in [0.717, 1.165) is 0 Å². The standard InChI is InChI=1S/C14H20N2O6S/c1-9-3-12(16(19)20)4-10(2)13(9)23(21,22)15-11-5-14(6-11,7-17)8-18/h3-4,11,15,17-18H,5-8H2,1-2H3. The molecule has 128 valence electrons. The Morgan fingerprint density at radius 2 is 1.74 bits per heavy atom. The molecule has 1 aliphatic rings. The summed E-state index contributed by atoms with van der Waals surface area (Å²) < 4.78 is 27.6. The molecular weight excluding hydrogens is 324 g/mol. The van der Waals surface area contributed by atoms with E-state index < -0.39 is 20.4 Å². The zero-order valence-electron chi connectivity index (χ0n) is 12.9. The number of aryl methyl sites for hydroxylation is 2. The summed E-state index contributed by atoms with van der Waals surface area (Å²) in [5, 5.41) is 29.3. The molecule has 9 heteroatoms. The normalized spacial score (nSPS) is 17.7. The van der Waals surface area contributed by atoms with Crippen LogP contribution in [-0.4, -0.2) is 42.8 Å². The number of aliphatic hydroxyl groups is 2. The average Bonchev–Trinajstić information content (AvgIpc) is 2.41. The highest BCUT2D eigenvalue weighted by molar-refractivity contribution is 7.89. The minimum atomic E-state index is -3.83. The lowest BCUT2D eigenvalue weighted by Crippen LogP contribution is -2.54. The predicted molar refractivity (Wildman–Crippen MR) is 82.5 cm³/mol. The molecular formula is C14H20N2O6S. The molecule has 1 aromatic rings. The molecule has 0 aromatic heterocycles. The van der Waals surface area contributed by atoms with Crippen LogP contribution in [-0.2, 0) is 10.0 Å². The van der Waals surface area contributed by atoms with Gasteiger partial charge >= 0.3 is 0 Å². The highest BCUT2D eigenvalue weighted by atomic mass is 32.2. The fourth-order valence-electron chi connectivity index (χ4n) is 3.11. The lowest BCUT2D eigenvalue weighted by Gasteiger charge is -2.45. The molecule has 0 spiro atoms. The molecule has 0 unspecified atom stereocenters. The van der Waals surface area contributed by atoms with Gasteiger partial charge in [0.15, 0.2) is 0 Å². The van der Waals surface area contributed by atoms with Crippen LogP contribution in [0.25, 0.3) is 0 Å². The van der Waals surface area contributed by atoms with Crippen molar-refractivity contribution in [2.45, 2.75) is 37.6 Å². The van der Waals surface area contributed by atoms with Gasteiger partial charge in [-0.25, -0.2) is 13.1 Å². The van der Waals surface area contributed by atoms with Crippen LogP contribution in [0.15, 0.2) is 17.0 Å². The first-order valence-electron chi connectivity index (χ1n) is 7.14. The van der Waals surface area contributed by atoms with Crippen LogP contribution >= 0.6 is 0 Å².